The quantitative estimate of drug-likeness (QED) is 0.184. The molecule has 0 fully saturated rings. The van der Waals surface area contributed by atoms with Crippen LogP contribution in [0.4, 0.5) is 17.2 Å². The second-order valence-electron chi connectivity index (χ2n) is 7.82. The van der Waals surface area contributed by atoms with Crippen molar-refractivity contribution >= 4 is 65.2 Å². The van der Waals surface area contributed by atoms with Gasteiger partial charge in [0.2, 0.25) is 0 Å². The van der Waals surface area contributed by atoms with Gasteiger partial charge in [-0.2, -0.15) is 0 Å². The second-order valence-corrected chi connectivity index (χ2v) is 9.49. The first-order valence-electron chi connectivity index (χ1n) is 10.9. The number of carbonyl (C=O) groups excluding carboxylic acids is 1. The van der Waals surface area contributed by atoms with Crippen molar-refractivity contribution in [3.8, 4) is 11.3 Å². The lowest BCUT2D eigenvalue weighted by molar-refractivity contribution is 0.102. The van der Waals surface area contributed by atoms with E-state index in [1.807, 2.05) is 60.7 Å². The molecule has 0 spiro atoms. The van der Waals surface area contributed by atoms with Crippen molar-refractivity contribution in [2.24, 2.45) is 0 Å². The van der Waals surface area contributed by atoms with Crippen molar-refractivity contribution in [1.82, 2.24) is 15.0 Å². The normalized spacial score (nSPS) is 10.8. The SMILES string of the molecule is N=C(Br)c1c(NCc2cccc(-c3ccccc3)n2)cccc1NC(=O)c1csc2c(N)ncnc12. The maximum absolute atomic E-state index is 13.1. The molecule has 1 amide bonds. The highest BCUT2D eigenvalue weighted by Gasteiger charge is 2.19. The van der Waals surface area contributed by atoms with Crippen molar-refractivity contribution in [2.45, 2.75) is 6.54 Å². The Hall–Kier alpha value is -4.15. The van der Waals surface area contributed by atoms with Gasteiger partial charge in [0.05, 0.1) is 45.0 Å². The fourth-order valence-corrected chi connectivity index (χ4v) is 5.12. The number of nitrogens with zero attached hydrogens (tertiary/aromatic N) is 3. The molecule has 5 rings (SSSR count). The molecule has 178 valence electrons. The minimum Gasteiger partial charge on any atom is -0.382 e. The standard InChI is InChI=1S/C26H20BrN7OS/c27-24(28)21-19(30-12-16-8-4-9-18(33-16)15-6-2-1-3-7-15)10-5-11-20(21)34-26(35)17-13-36-23-22(17)31-14-32-25(23)29/h1-11,13-14,28,30H,12H2,(H,34,35)(H2,29,31,32). The third-order valence-corrected chi connectivity index (χ3v) is 6.88. The summed E-state index contributed by atoms with van der Waals surface area (Å²) in [7, 11) is 0. The van der Waals surface area contributed by atoms with E-state index < -0.39 is 0 Å². The average Bonchev–Trinajstić information content (AvgIpc) is 3.34. The molecule has 0 aliphatic carbocycles. The molecule has 0 bridgehead atoms. The molecule has 5 aromatic rings. The van der Waals surface area contributed by atoms with E-state index in [2.05, 4.69) is 36.5 Å². The Labute approximate surface area is 219 Å². The fourth-order valence-electron chi connectivity index (χ4n) is 3.79. The van der Waals surface area contributed by atoms with E-state index in [4.69, 9.17) is 16.1 Å². The summed E-state index contributed by atoms with van der Waals surface area (Å²) in [5.41, 5.74) is 11.3. The van der Waals surface area contributed by atoms with E-state index in [1.165, 1.54) is 17.7 Å². The summed E-state index contributed by atoms with van der Waals surface area (Å²) in [5, 5.41) is 16.3. The Kier molecular flexibility index (Phi) is 6.70. The lowest BCUT2D eigenvalue weighted by atomic mass is 10.1. The van der Waals surface area contributed by atoms with Crippen LogP contribution in [0.2, 0.25) is 0 Å². The molecule has 3 heterocycles. The maximum atomic E-state index is 13.1. The van der Waals surface area contributed by atoms with Gasteiger partial charge in [0.25, 0.3) is 5.91 Å². The summed E-state index contributed by atoms with van der Waals surface area (Å²) in [6.45, 7) is 0.441. The zero-order valence-corrected chi connectivity index (χ0v) is 21.2. The number of pyridine rings is 1. The first-order chi connectivity index (χ1) is 17.5. The zero-order valence-electron chi connectivity index (χ0n) is 18.8. The van der Waals surface area contributed by atoms with E-state index in [1.54, 1.807) is 11.4 Å². The van der Waals surface area contributed by atoms with Gasteiger partial charge in [-0.3, -0.25) is 15.2 Å². The van der Waals surface area contributed by atoms with E-state index in [0.717, 1.165) is 17.0 Å². The minimum absolute atomic E-state index is 0.133. The van der Waals surface area contributed by atoms with Gasteiger partial charge in [0.1, 0.15) is 16.8 Å². The second kappa shape index (κ2) is 10.2. The summed E-state index contributed by atoms with van der Waals surface area (Å²) < 4.78 is 0.797. The number of nitrogen functional groups attached to an aromatic ring is 1. The van der Waals surface area contributed by atoms with Crippen LogP contribution in [0.25, 0.3) is 21.5 Å². The summed E-state index contributed by atoms with van der Waals surface area (Å²) in [6.07, 6.45) is 1.34. The van der Waals surface area contributed by atoms with Crippen LogP contribution in [0.1, 0.15) is 21.6 Å². The Morgan fingerprint density at radius 1 is 1.00 bits per heavy atom. The molecule has 0 saturated carbocycles. The Bertz CT molecular complexity index is 1590. The number of rotatable bonds is 7. The summed E-state index contributed by atoms with van der Waals surface area (Å²) in [6, 6.07) is 21.3. The summed E-state index contributed by atoms with van der Waals surface area (Å²) >= 11 is 4.60. The van der Waals surface area contributed by atoms with Gasteiger partial charge in [-0.1, -0.05) is 42.5 Å². The number of thiophene rings is 1. The molecule has 0 radical (unpaired) electrons. The number of nitrogens with two attached hydrogens (primary N) is 1. The highest BCUT2D eigenvalue weighted by Crippen LogP contribution is 2.31. The molecule has 5 N–H and O–H groups in total. The highest BCUT2D eigenvalue weighted by atomic mass is 79.9. The average molecular weight is 558 g/mol. The summed E-state index contributed by atoms with van der Waals surface area (Å²) in [4.78, 5) is 26.1. The molecule has 0 unspecified atom stereocenters. The topological polar surface area (TPSA) is 130 Å². The van der Waals surface area contributed by atoms with Crippen molar-refractivity contribution in [1.29, 1.82) is 5.41 Å². The zero-order chi connectivity index (χ0) is 25.1. The smallest absolute Gasteiger partial charge is 0.258 e. The number of amides is 1. The predicted molar refractivity (Wildman–Crippen MR) is 149 cm³/mol. The first-order valence-corrected chi connectivity index (χ1v) is 12.6. The molecule has 36 heavy (non-hydrogen) atoms. The van der Waals surface area contributed by atoms with Gasteiger partial charge in [-0.05, 0) is 40.2 Å². The first kappa shape index (κ1) is 23.6. The molecule has 3 aromatic heterocycles. The molecule has 2 aromatic carbocycles. The largest absolute Gasteiger partial charge is 0.382 e. The van der Waals surface area contributed by atoms with Crippen molar-refractivity contribution in [2.75, 3.05) is 16.4 Å². The van der Waals surface area contributed by atoms with Gasteiger partial charge >= 0.3 is 0 Å². The molecule has 0 aliphatic heterocycles. The number of nitrogens with one attached hydrogen (secondary N) is 3. The van der Waals surface area contributed by atoms with Crippen LogP contribution >= 0.6 is 27.3 Å². The fraction of sp³-hybridized carbons (Fsp3) is 0.0385. The molecule has 10 heteroatoms. The third-order valence-electron chi connectivity index (χ3n) is 5.49. The van der Waals surface area contributed by atoms with Crippen molar-refractivity contribution in [3.63, 3.8) is 0 Å². The molecule has 0 aliphatic rings. The molecular formula is C26H20BrN7OS. The van der Waals surface area contributed by atoms with Crippen LogP contribution in [0.15, 0.2) is 78.4 Å². The van der Waals surface area contributed by atoms with Gasteiger partial charge in [0, 0.05) is 16.6 Å². The minimum atomic E-state index is -0.344. The molecular weight excluding hydrogens is 538 g/mol. The van der Waals surface area contributed by atoms with Crippen molar-refractivity contribution < 1.29 is 4.79 Å². The van der Waals surface area contributed by atoms with Crippen LogP contribution in [0, 0.1) is 5.41 Å². The van der Waals surface area contributed by atoms with Crippen LogP contribution in [-0.2, 0) is 6.54 Å². The number of hydrogen-bond donors (Lipinski definition) is 4. The van der Waals surface area contributed by atoms with E-state index in [9.17, 15) is 4.79 Å². The predicted octanol–water partition coefficient (Wildman–Crippen LogP) is 5.92. The van der Waals surface area contributed by atoms with Gasteiger partial charge in [-0.15, -0.1) is 11.3 Å². The van der Waals surface area contributed by atoms with Crippen LogP contribution < -0.4 is 16.4 Å². The van der Waals surface area contributed by atoms with E-state index in [-0.39, 0.29) is 10.5 Å². The van der Waals surface area contributed by atoms with Crippen LogP contribution in [-0.4, -0.2) is 25.5 Å². The van der Waals surface area contributed by atoms with Gasteiger partial charge < -0.3 is 16.4 Å². The lowest BCUT2D eigenvalue weighted by Gasteiger charge is -2.16. The Balaban J connectivity index is 1.39. The highest BCUT2D eigenvalue weighted by molar-refractivity contribution is 9.18. The maximum Gasteiger partial charge on any atom is 0.258 e. The van der Waals surface area contributed by atoms with Crippen LogP contribution in [0.5, 0.6) is 0 Å². The molecule has 0 atom stereocenters. The number of hydrogen-bond acceptors (Lipinski definition) is 8. The number of benzene rings is 2. The number of aromatic nitrogens is 3. The van der Waals surface area contributed by atoms with Crippen LogP contribution in [0.3, 0.4) is 0 Å². The van der Waals surface area contributed by atoms with Gasteiger partial charge in [-0.25, -0.2) is 9.97 Å². The Morgan fingerprint density at radius 3 is 2.58 bits per heavy atom. The Morgan fingerprint density at radius 2 is 1.78 bits per heavy atom. The van der Waals surface area contributed by atoms with E-state index in [0.29, 0.717) is 45.1 Å². The monoisotopic (exact) mass is 557 g/mol. The van der Waals surface area contributed by atoms with Crippen molar-refractivity contribution in [3.05, 3.63) is 95.3 Å². The van der Waals surface area contributed by atoms with E-state index >= 15 is 0 Å². The number of anilines is 3. The lowest BCUT2D eigenvalue weighted by Crippen LogP contribution is -2.15. The molecule has 0 saturated heterocycles. The number of halogens is 1. The number of fused-ring (bicyclic) bond motifs is 1. The van der Waals surface area contributed by atoms with Gasteiger partial charge in [0.15, 0.2) is 0 Å². The molecule has 8 nitrogen and oxygen atoms in total. The third kappa shape index (κ3) is 4.81. The number of carbonyl (C=O) groups is 1. The summed E-state index contributed by atoms with van der Waals surface area (Å²) in [5.74, 6) is -0.00755.